The highest BCUT2D eigenvalue weighted by Crippen LogP contribution is 2.20. The van der Waals surface area contributed by atoms with Crippen molar-refractivity contribution in [3.05, 3.63) is 53.3 Å². The van der Waals surface area contributed by atoms with Gasteiger partial charge in [-0.15, -0.1) is 0 Å². The minimum absolute atomic E-state index is 0.463. The van der Waals surface area contributed by atoms with Crippen molar-refractivity contribution in [3.8, 4) is 5.69 Å². The lowest BCUT2D eigenvalue weighted by Crippen LogP contribution is -2.26. The zero-order valence-corrected chi connectivity index (χ0v) is 13.5. The molecule has 0 spiro atoms. The lowest BCUT2D eigenvalue weighted by Gasteiger charge is -2.14. The summed E-state index contributed by atoms with van der Waals surface area (Å²) in [6, 6.07) is 13.3. The van der Waals surface area contributed by atoms with Crippen molar-refractivity contribution in [3.63, 3.8) is 0 Å². The fourth-order valence-electron chi connectivity index (χ4n) is 2.66. The van der Waals surface area contributed by atoms with Crippen LogP contribution in [-0.2, 0) is 11.3 Å². The Morgan fingerprint density at radius 3 is 2.57 bits per heavy atom. The monoisotopic (exact) mass is 286 g/mol. The van der Waals surface area contributed by atoms with E-state index in [1.54, 1.807) is 7.11 Å². The molecule has 0 saturated heterocycles. The molecule has 0 aliphatic rings. The summed E-state index contributed by atoms with van der Waals surface area (Å²) in [5, 5.41) is 3.57. The highest BCUT2D eigenvalue weighted by molar-refractivity contribution is 5.40. The summed E-state index contributed by atoms with van der Waals surface area (Å²) in [6.07, 6.45) is 1.04. The Morgan fingerprint density at radius 2 is 1.90 bits per heavy atom. The summed E-state index contributed by atoms with van der Waals surface area (Å²) in [4.78, 5) is 0. The number of benzene rings is 1. The van der Waals surface area contributed by atoms with Crippen molar-refractivity contribution in [1.82, 2.24) is 9.88 Å². The van der Waals surface area contributed by atoms with Crippen LogP contribution in [-0.4, -0.2) is 24.3 Å². The largest absolute Gasteiger partial charge is 0.385 e. The summed E-state index contributed by atoms with van der Waals surface area (Å²) < 4.78 is 7.44. The number of nitrogens with one attached hydrogen (secondary N) is 1. The zero-order valence-electron chi connectivity index (χ0n) is 13.5. The molecule has 0 aliphatic heterocycles. The second-order valence-corrected chi connectivity index (χ2v) is 5.63. The first-order valence-electron chi connectivity index (χ1n) is 7.59. The summed E-state index contributed by atoms with van der Waals surface area (Å²) in [6.45, 7) is 8.26. The Labute approximate surface area is 127 Å². The van der Waals surface area contributed by atoms with E-state index < -0.39 is 0 Å². The highest BCUT2D eigenvalue weighted by atomic mass is 16.5. The lowest BCUT2D eigenvalue weighted by atomic mass is 10.2. The van der Waals surface area contributed by atoms with Gasteiger partial charge in [0, 0.05) is 43.4 Å². The van der Waals surface area contributed by atoms with E-state index in [-0.39, 0.29) is 0 Å². The van der Waals surface area contributed by atoms with Crippen LogP contribution < -0.4 is 5.32 Å². The van der Waals surface area contributed by atoms with Gasteiger partial charge in [0.25, 0.3) is 0 Å². The molecular formula is C18H26N2O. The SMILES string of the molecule is COCCC(C)NCc1cc(C)n(-c2ccccc2)c1C. The normalized spacial score (nSPS) is 12.6. The van der Waals surface area contributed by atoms with Crippen LogP contribution in [0.15, 0.2) is 36.4 Å². The van der Waals surface area contributed by atoms with Gasteiger partial charge in [-0.25, -0.2) is 0 Å². The molecule has 0 amide bonds. The molecule has 1 unspecified atom stereocenters. The zero-order chi connectivity index (χ0) is 15.2. The lowest BCUT2D eigenvalue weighted by molar-refractivity contribution is 0.184. The maximum absolute atomic E-state index is 5.13. The fraction of sp³-hybridized carbons (Fsp3) is 0.444. The number of aromatic nitrogens is 1. The average molecular weight is 286 g/mol. The number of hydrogen-bond acceptors (Lipinski definition) is 2. The maximum Gasteiger partial charge on any atom is 0.0476 e. The summed E-state index contributed by atoms with van der Waals surface area (Å²) in [5.41, 5.74) is 5.18. The van der Waals surface area contributed by atoms with Crippen LogP contribution in [0.3, 0.4) is 0 Å². The minimum Gasteiger partial charge on any atom is -0.385 e. The van der Waals surface area contributed by atoms with Gasteiger partial charge < -0.3 is 14.6 Å². The van der Waals surface area contributed by atoms with Gasteiger partial charge >= 0.3 is 0 Å². The summed E-state index contributed by atoms with van der Waals surface area (Å²) in [7, 11) is 1.75. The Bertz CT molecular complexity index is 560. The van der Waals surface area contributed by atoms with E-state index in [0.29, 0.717) is 6.04 Å². The first-order valence-corrected chi connectivity index (χ1v) is 7.59. The van der Waals surface area contributed by atoms with Crippen molar-refractivity contribution in [2.45, 2.75) is 39.8 Å². The standard InChI is InChI=1S/C18H26N2O/c1-14(10-11-21-4)19-13-17-12-15(2)20(16(17)3)18-8-6-5-7-9-18/h5-9,12,14,19H,10-11,13H2,1-4H3. The topological polar surface area (TPSA) is 26.2 Å². The van der Waals surface area contributed by atoms with Crippen molar-refractivity contribution < 1.29 is 4.74 Å². The molecule has 0 saturated carbocycles. The number of rotatable bonds is 7. The van der Waals surface area contributed by atoms with E-state index in [1.165, 1.54) is 22.6 Å². The van der Waals surface area contributed by atoms with Gasteiger partial charge in [0.15, 0.2) is 0 Å². The van der Waals surface area contributed by atoms with Crippen molar-refractivity contribution in [2.24, 2.45) is 0 Å². The second kappa shape index (κ2) is 7.43. The molecule has 2 rings (SSSR count). The third-order valence-corrected chi connectivity index (χ3v) is 3.95. The fourth-order valence-corrected chi connectivity index (χ4v) is 2.66. The van der Waals surface area contributed by atoms with E-state index in [4.69, 9.17) is 4.74 Å². The summed E-state index contributed by atoms with van der Waals surface area (Å²) in [5.74, 6) is 0. The first-order chi connectivity index (χ1) is 10.1. The van der Waals surface area contributed by atoms with Crippen LogP contribution in [0.2, 0.25) is 0 Å². The first kappa shape index (κ1) is 15.8. The maximum atomic E-state index is 5.13. The van der Waals surface area contributed by atoms with Gasteiger partial charge in [0.05, 0.1) is 0 Å². The summed E-state index contributed by atoms with van der Waals surface area (Å²) >= 11 is 0. The quantitative estimate of drug-likeness (QED) is 0.841. The van der Waals surface area contributed by atoms with Crippen molar-refractivity contribution in [1.29, 1.82) is 0 Å². The van der Waals surface area contributed by atoms with Gasteiger partial charge in [-0.1, -0.05) is 18.2 Å². The molecule has 0 fully saturated rings. The molecule has 1 atom stereocenters. The molecule has 3 nitrogen and oxygen atoms in total. The second-order valence-electron chi connectivity index (χ2n) is 5.63. The van der Waals surface area contributed by atoms with Crippen LogP contribution in [0.25, 0.3) is 5.69 Å². The minimum atomic E-state index is 0.463. The third-order valence-electron chi connectivity index (χ3n) is 3.95. The third kappa shape index (κ3) is 3.96. The molecule has 0 radical (unpaired) electrons. The van der Waals surface area contributed by atoms with E-state index in [2.05, 4.69) is 67.1 Å². The Kier molecular flexibility index (Phi) is 5.59. The number of ether oxygens (including phenoxy) is 1. The van der Waals surface area contributed by atoms with E-state index in [0.717, 1.165) is 19.6 Å². The predicted octanol–water partition coefficient (Wildman–Crippen LogP) is 3.61. The van der Waals surface area contributed by atoms with Gasteiger partial charge in [-0.3, -0.25) is 0 Å². The smallest absolute Gasteiger partial charge is 0.0476 e. The molecule has 114 valence electrons. The average Bonchev–Trinajstić information content (AvgIpc) is 2.78. The molecule has 21 heavy (non-hydrogen) atoms. The van der Waals surface area contributed by atoms with Crippen LogP contribution in [0, 0.1) is 13.8 Å². The molecule has 1 aromatic carbocycles. The van der Waals surface area contributed by atoms with Crippen LogP contribution in [0.1, 0.15) is 30.3 Å². The number of aryl methyl sites for hydroxylation is 1. The van der Waals surface area contributed by atoms with Gasteiger partial charge in [0.2, 0.25) is 0 Å². The number of para-hydroxylation sites is 1. The van der Waals surface area contributed by atoms with Crippen molar-refractivity contribution >= 4 is 0 Å². The Morgan fingerprint density at radius 1 is 1.19 bits per heavy atom. The molecule has 1 N–H and O–H groups in total. The molecule has 1 heterocycles. The molecule has 3 heteroatoms. The van der Waals surface area contributed by atoms with E-state index >= 15 is 0 Å². The molecule has 1 aromatic heterocycles. The van der Waals surface area contributed by atoms with Crippen LogP contribution >= 0.6 is 0 Å². The molecule has 0 aliphatic carbocycles. The van der Waals surface area contributed by atoms with E-state index in [1.807, 2.05) is 0 Å². The van der Waals surface area contributed by atoms with Crippen molar-refractivity contribution in [2.75, 3.05) is 13.7 Å². The number of nitrogens with zero attached hydrogens (tertiary/aromatic N) is 1. The molecular weight excluding hydrogens is 260 g/mol. The van der Waals surface area contributed by atoms with Crippen LogP contribution in [0.4, 0.5) is 0 Å². The van der Waals surface area contributed by atoms with Gasteiger partial charge in [-0.05, 0) is 51.0 Å². The number of hydrogen-bond donors (Lipinski definition) is 1. The van der Waals surface area contributed by atoms with Crippen LogP contribution in [0.5, 0.6) is 0 Å². The predicted molar refractivity (Wildman–Crippen MR) is 88.0 cm³/mol. The molecule has 0 bridgehead atoms. The van der Waals surface area contributed by atoms with Gasteiger partial charge in [-0.2, -0.15) is 0 Å². The number of methoxy groups -OCH3 is 1. The Balaban J connectivity index is 2.09. The molecule has 2 aromatic rings. The van der Waals surface area contributed by atoms with E-state index in [9.17, 15) is 0 Å². The van der Waals surface area contributed by atoms with Gasteiger partial charge in [0.1, 0.15) is 0 Å². The highest BCUT2D eigenvalue weighted by Gasteiger charge is 2.11. The Hall–Kier alpha value is -1.58.